The second kappa shape index (κ2) is 8.50. The van der Waals surface area contributed by atoms with Crippen LogP contribution in [0.5, 0.6) is 0 Å². The number of hydrogen-bond donors (Lipinski definition) is 3. The Morgan fingerprint density at radius 2 is 1.94 bits per heavy atom. The van der Waals surface area contributed by atoms with Gasteiger partial charge in [-0.25, -0.2) is 9.97 Å². The van der Waals surface area contributed by atoms with Crippen molar-refractivity contribution in [2.24, 2.45) is 0 Å². The molecule has 0 saturated heterocycles. The number of rotatable bonds is 5. The number of alkyl halides is 3. The Hall–Kier alpha value is -3.21. The van der Waals surface area contributed by atoms with E-state index >= 15 is 0 Å². The van der Waals surface area contributed by atoms with Crippen molar-refractivity contribution in [2.45, 2.75) is 50.6 Å². The first kappa shape index (κ1) is 21.0. The van der Waals surface area contributed by atoms with Gasteiger partial charge in [-0.1, -0.05) is 0 Å². The second-order valence-corrected chi connectivity index (χ2v) is 7.55. The van der Waals surface area contributed by atoms with Gasteiger partial charge in [0.2, 0.25) is 0 Å². The molecular weight excluding hydrogens is 413 g/mol. The van der Waals surface area contributed by atoms with Crippen LogP contribution in [0, 0.1) is 0 Å². The van der Waals surface area contributed by atoms with E-state index in [0.717, 1.165) is 6.20 Å². The minimum absolute atomic E-state index is 0.0541. The van der Waals surface area contributed by atoms with Crippen LogP contribution in [0.3, 0.4) is 0 Å². The van der Waals surface area contributed by atoms with Gasteiger partial charge in [-0.15, -0.1) is 0 Å². The lowest BCUT2D eigenvalue weighted by Crippen LogP contribution is -2.31. The Balaban J connectivity index is 1.76. The van der Waals surface area contributed by atoms with Gasteiger partial charge in [0.1, 0.15) is 24.0 Å². The minimum atomic E-state index is -4.52. The summed E-state index contributed by atoms with van der Waals surface area (Å²) in [4.78, 5) is 25.5. The normalized spacial score (nSPS) is 19.4. The fraction of sp³-hybridized carbons (Fsp3) is 0.400. The summed E-state index contributed by atoms with van der Waals surface area (Å²) in [6.45, 7) is -1.38. The van der Waals surface area contributed by atoms with Gasteiger partial charge in [-0.3, -0.25) is 9.78 Å². The van der Waals surface area contributed by atoms with E-state index in [2.05, 4.69) is 25.6 Å². The molecule has 0 aromatic carbocycles. The SMILES string of the molecule is O=c1c2c(N[C@H]3CC[C@@H](O)CC3)nc(Nc3cnccn3)cc2ccn1CC(F)(F)F. The van der Waals surface area contributed by atoms with Crippen LogP contribution in [0.2, 0.25) is 0 Å². The molecule has 0 spiro atoms. The summed E-state index contributed by atoms with van der Waals surface area (Å²) >= 11 is 0. The van der Waals surface area contributed by atoms with Crippen LogP contribution in [0.15, 0.2) is 41.7 Å². The summed E-state index contributed by atoms with van der Waals surface area (Å²) in [6.07, 6.45) is 3.30. The van der Waals surface area contributed by atoms with E-state index in [4.69, 9.17) is 0 Å². The van der Waals surface area contributed by atoms with Crippen molar-refractivity contribution in [1.82, 2.24) is 19.5 Å². The Kier molecular flexibility index (Phi) is 5.77. The maximum atomic E-state index is 12.9. The van der Waals surface area contributed by atoms with E-state index in [1.165, 1.54) is 24.7 Å². The average molecular weight is 434 g/mol. The zero-order valence-electron chi connectivity index (χ0n) is 16.4. The molecule has 3 aromatic heterocycles. The first-order valence-corrected chi connectivity index (χ1v) is 9.87. The van der Waals surface area contributed by atoms with Gasteiger partial charge in [0.15, 0.2) is 0 Å². The van der Waals surface area contributed by atoms with Crippen LogP contribution < -0.4 is 16.2 Å². The standard InChI is InChI=1S/C20H21F3N6O2/c21-20(22,23)11-29-8-5-12-9-15(27-16-10-24-6-7-25-16)28-18(17(12)19(29)31)26-13-1-3-14(30)4-2-13/h5-10,13-14,30H,1-4,11H2,(H2,25,26,27,28)/t13-,14+. The van der Waals surface area contributed by atoms with Gasteiger partial charge in [-0.2, -0.15) is 13.2 Å². The largest absolute Gasteiger partial charge is 0.406 e. The minimum Gasteiger partial charge on any atom is -0.393 e. The molecule has 1 fully saturated rings. The summed E-state index contributed by atoms with van der Waals surface area (Å²) in [5.74, 6) is 1.01. The lowest BCUT2D eigenvalue weighted by molar-refractivity contribution is -0.141. The zero-order valence-corrected chi connectivity index (χ0v) is 16.4. The number of nitrogens with one attached hydrogen (secondary N) is 2. The first-order chi connectivity index (χ1) is 14.8. The van der Waals surface area contributed by atoms with Gasteiger partial charge in [0, 0.05) is 24.6 Å². The molecule has 0 bridgehead atoms. The summed E-state index contributed by atoms with van der Waals surface area (Å²) in [7, 11) is 0. The van der Waals surface area contributed by atoms with Gasteiger partial charge in [-0.05, 0) is 43.2 Å². The number of aliphatic hydroxyl groups excluding tert-OH is 1. The second-order valence-electron chi connectivity index (χ2n) is 7.55. The molecular formula is C20H21F3N6O2. The molecule has 164 valence electrons. The molecule has 31 heavy (non-hydrogen) atoms. The van der Waals surface area contributed by atoms with Crippen LogP contribution in [0.4, 0.5) is 30.6 Å². The predicted molar refractivity (Wildman–Crippen MR) is 109 cm³/mol. The summed E-state index contributed by atoms with van der Waals surface area (Å²) in [5, 5.41) is 16.5. The molecule has 3 aromatic rings. The number of fused-ring (bicyclic) bond motifs is 1. The Morgan fingerprint density at radius 3 is 2.61 bits per heavy atom. The van der Waals surface area contributed by atoms with Crippen molar-refractivity contribution >= 4 is 28.2 Å². The highest BCUT2D eigenvalue weighted by Gasteiger charge is 2.29. The van der Waals surface area contributed by atoms with Gasteiger partial charge < -0.3 is 20.3 Å². The molecule has 0 aliphatic heterocycles. The lowest BCUT2D eigenvalue weighted by Gasteiger charge is -2.27. The molecule has 8 nitrogen and oxygen atoms in total. The smallest absolute Gasteiger partial charge is 0.393 e. The first-order valence-electron chi connectivity index (χ1n) is 9.87. The lowest BCUT2D eigenvalue weighted by atomic mass is 9.93. The van der Waals surface area contributed by atoms with Crippen LogP contribution in [-0.2, 0) is 6.54 Å². The molecule has 4 rings (SSSR count). The van der Waals surface area contributed by atoms with E-state index in [1.54, 1.807) is 6.07 Å². The van der Waals surface area contributed by atoms with E-state index in [0.29, 0.717) is 47.3 Å². The number of halogens is 3. The topological polar surface area (TPSA) is 105 Å². The third kappa shape index (κ3) is 5.10. The van der Waals surface area contributed by atoms with E-state index in [1.807, 2.05) is 0 Å². The van der Waals surface area contributed by atoms with Gasteiger partial charge in [0.05, 0.1) is 17.7 Å². The number of hydrogen-bond acceptors (Lipinski definition) is 7. The summed E-state index contributed by atoms with van der Waals surface area (Å²) in [6, 6.07) is 2.99. The number of anilines is 3. The highest BCUT2D eigenvalue weighted by molar-refractivity contribution is 5.93. The highest BCUT2D eigenvalue weighted by atomic mass is 19.4. The number of aliphatic hydroxyl groups is 1. The van der Waals surface area contributed by atoms with Crippen molar-refractivity contribution in [3.63, 3.8) is 0 Å². The number of pyridine rings is 2. The maximum absolute atomic E-state index is 12.9. The predicted octanol–water partition coefficient (Wildman–Crippen LogP) is 3.21. The molecule has 0 amide bonds. The third-order valence-electron chi connectivity index (χ3n) is 5.17. The molecule has 3 heterocycles. The quantitative estimate of drug-likeness (QED) is 0.566. The molecule has 0 radical (unpaired) electrons. The Bertz CT molecular complexity index is 1110. The van der Waals surface area contributed by atoms with Crippen LogP contribution in [0.25, 0.3) is 10.8 Å². The summed E-state index contributed by atoms with van der Waals surface area (Å²) in [5.41, 5.74) is -0.772. The maximum Gasteiger partial charge on any atom is 0.406 e. The van der Waals surface area contributed by atoms with E-state index in [-0.39, 0.29) is 23.3 Å². The van der Waals surface area contributed by atoms with E-state index < -0.39 is 18.3 Å². The van der Waals surface area contributed by atoms with Crippen LogP contribution in [0.1, 0.15) is 25.7 Å². The zero-order chi connectivity index (χ0) is 22.0. The van der Waals surface area contributed by atoms with Crippen molar-refractivity contribution in [3.8, 4) is 0 Å². The molecule has 0 atom stereocenters. The molecule has 1 saturated carbocycles. The van der Waals surface area contributed by atoms with Crippen LogP contribution >= 0.6 is 0 Å². The van der Waals surface area contributed by atoms with Crippen molar-refractivity contribution in [2.75, 3.05) is 10.6 Å². The van der Waals surface area contributed by atoms with Gasteiger partial charge >= 0.3 is 6.18 Å². The Labute approximate surface area is 175 Å². The molecule has 1 aliphatic rings. The van der Waals surface area contributed by atoms with E-state index in [9.17, 15) is 23.1 Å². The van der Waals surface area contributed by atoms with Crippen molar-refractivity contribution in [3.05, 3.63) is 47.3 Å². The van der Waals surface area contributed by atoms with Crippen molar-refractivity contribution in [1.29, 1.82) is 0 Å². The van der Waals surface area contributed by atoms with Crippen LogP contribution in [-0.4, -0.2) is 42.9 Å². The monoisotopic (exact) mass is 434 g/mol. The van der Waals surface area contributed by atoms with Gasteiger partial charge in [0.25, 0.3) is 5.56 Å². The molecule has 3 N–H and O–H groups in total. The molecule has 11 heteroatoms. The number of nitrogens with zero attached hydrogens (tertiary/aromatic N) is 4. The summed E-state index contributed by atoms with van der Waals surface area (Å²) < 4.78 is 39.3. The fourth-order valence-electron chi connectivity index (χ4n) is 3.70. The highest BCUT2D eigenvalue weighted by Crippen LogP contribution is 2.28. The fourth-order valence-corrected chi connectivity index (χ4v) is 3.70. The molecule has 0 unspecified atom stereocenters. The number of aromatic nitrogens is 4. The molecule has 1 aliphatic carbocycles. The Morgan fingerprint density at radius 1 is 1.16 bits per heavy atom. The van der Waals surface area contributed by atoms with Crippen molar-refractivity contribution < 1.29 is 18.3 Å². The third-order valence-corrected chi connectivity index (χ3v) is 5.17. The average Bonchev–Trinajstić information content (AvgIpc) is 2.71.